The number of carbonyl (C=O) groups excluding carboxylic acids is 2. The van der Waals surface area contributed by atoms with Gasteiger partial charge < -0.3 is 23.4 Å². The summed E-state index contributed by atoms with van der Waals surface area (Å²) in [4.78, 5) is 23.1. The second kappa shape index (κ2) is 9.68. The highest BCUT2D eigenvalue weighted by molar-refractivity contribution is 5.87. The maximum atomic E-state index is 11.8. The van der Waals surface area contributed by atoms with E-state index in [1.54, 1.807) is 24.3 Å². The molecular weight excluding hydrogens is 354 g/mol. The number of furan rings is 1. The number of methoxy groups -OCH3 is 2. The first-order valence-electron chi connectivity index (χ1n) is 7.77. The Morgan fingerprint density at radius 3 is 2.70 bits per heavy atom. The lowest BCUT2D eigenvalue weighted by atomic mass is 10.2. The SMILES string of the molecule is COC(=O)c1ccc(COC(=O)/C=C/c2ccc(OCC#N)c(OC)c2)o1. The molecule has 0 saturated heterocycles. The van der Waals surface area contributed by atoms with Gasteiger partial charge in [-0.1, -0.05) is 6.07 Å². The van der Waals surface area contributed by atoms with Gasteiger partial charge in [-0.25, -0.2) is 9.59 Å². The summed E-state index contributed by atoms with van der Waals surface area (Å²) in [7, 11) is 2.72. The van der Waals surface area contributed by atoms with Gasteiger partial charge in [-0.3, -0.25) is 0 Å². The first-order chi connectivity index (χ1) is 13.1. The predicted octanol–water partition coefficient (Wildman–Crippen LogP) is 2.73. The Morgan fingerprint density at radius 1 is 1.19 bits per heavy atom. The van der Waals surface area contributed by atoms with Crippen LogP contribution in [0.25, 0.3) is 6.08 Å². The van der Waals surface area contributed by atoms with Crippen molar-refractivity contribution in [2.45, 2.75) is 6.61 Å². The zero-order chi connectivity index (χ0) is 19.6. The fourth-order valence-corrected chi connectivity index (χ4v) is 2.04. The van der Waals surface area contributed by atoms with Crippen molar-refractivity contribution in [1.82, 2.24) is 0 Å². The Hall–Kier alpha value is -3.73. The van der Waals surface area contributed by atoms with Crippen molar-refractivity contribution in [3.05, 3.63) is 53.5 Å². The lowest BCUT2D eigenvalue weighted by molar-refractivity contribution is -0.139. The van der Waals surface area contributed by atoms with Crippen LogP contribution in [0.1, 0.15) is 21.9 Å². The summed E-state index contributed by atoms with van der Waals surface area (Å²) < 4.78 is 25.2. The number of nitriles is 1. The van der Waals surface area contributed by atoms with Gasteiger partial charge in [0.1, 0.15) is 18.4 Å². The lowest BCUT2D eigenvalue weighted by Crippen LogP contribution is -2.01. The van der Waals surface area contributed by atoms with Crippen molar-refractivity contribution < 1.29 is 33.0 Å². The number of nitrogens with zero attached hydrogens (tertiary/aromatic N) is 1. The standard InChI is InChI=1S/C19H17NO7/c1-23-17-11-13(3-6-15(17)25-10-9-20)4-8-18(21)26-12-14-5-7-16(27-14)19(22)24-2/h3-8,11H,10,12H2,1-2H3/b8-4+. The van der Waals surface area contributed by atoms with Crippen molar-refractivity contribution >= 4 is 18.0 Å². The predicted molar refractivity (Wildman–Crippen MR) is 93.0 cm³/mol. The molecule has 0 atom stereocenters. The largest absolute Gasteiger partial charge is 0.493 e. The molecule has 140 valence electrons. The third-order valence-electron chi connectivity index (χ3n) is 3.30. The minimum absolute atomic E-state index is 0.0323. The molecule has 0 radical (unpaired) electrons. The molecule has 0 aliphatic heterocycles. The van der Waals surface area contributed by atoms with Crippen molar-refractivity contribution in [3.8, 4) is 17.6 Å². The zero-order valence-electron chi connectivity index (χ0n) is 14.8. The normalized spacial score (nSPS) is 10.3. The van der Waals surface area contributed by atoms with Crippen molar-refractivity contribution in [3.63, 3.8) is 0 Å². The third kappa shape index (κ3) is 5.64. The van der Waals surface area contributed by atoms with Crippen LogP contribution in [0.2, 0.25) is 0 Å². The van der Waals surface area contributed by atoms with Crippen LogP contribution < -0.4 is 9.47 Å². The highest BCUT2D eigenvalue weighted by Crippen LogP contribution is 2.28. The first kappa shape index (κ1) is 19.6. The van der Waals surface area contributed by atoms with Crippen LogP contribution in [0.5, 0.6) is 11.5 Å². The van der Waals surface area contributed by atoms with Crippen LogP contribution in [0.15, 0.2) is 40.8 Å². The molecule has 0 saturated carbocycles. The van der Waals surface area contributed by atoms with Gasteiger partial charge in [0.05, 0.1) is 14.2 Å². The number of hydrogen-bond donors (Lipinski definition) is 0. The molecule has 0 fully saturated rings. The van der Waals surface area contributed by atoms with Gasteiger partial charge >= 0.3 is 11.9 Å². The van der Waals surface area contributed by atoms with Crippen molar-refractivity contribution in [1.29, 1.82) is 5.26 Å². The summed E-state index contributed by atoms with van der Waals surface area (Å²) in [6.07, 6.45) is 2.79. The summed E-state index contributed by atoms with van der Waals surface area (Å²) in [6.45, 7) is -0.216. The molecule has 0 spiro atoms. The fraction of sp³-hybridized carbons (Fsp3) is 0.211. The van der Waals surface area contributed by atoms with E-state index in [0.29, 0.717) is 22.8 Å². The van der Waals surface area contributed by atoms with Crippen LogP contribution in [-0.4, -0.2) is 32.8 Å². The van der Waals surface area contributed by atoms with Gasteiger partial charge in [0.25, 0.3) is 0 Å². The number of hydrogen-bond acceptors (Lipinski definition) is 8. The Balaban J connectivity index is 1.93. The molecular formula is C19H17NO7. The summed E-state index contributed by atoms with van der Waals surface area (Å²) in [5, 5.41) is 8.56. The van der Waals surface area contributed by atoms with E-state index in [9.17, 15) is 9.59 Å². The lowest BCUT2D eigenvalue weighted by Gasteiger charge is -2.08. The van der Waals surface area contributed by atoms with Crippen LogP contribution in [-0.2, 0) is 20.9 Å². The first-order valence-corrected chi connectivity index (χ1v) is 7.77. The van der Waals surface area contributed by atoms with E-state index in [-0.39, 0.29) is 19.0 Å². The van der Waals surface area contributed by atoms with Gasteiger partial charge in [0.2, 0.25) is 5.76 Å². The highest BCUT2D eigenvalue weighted by atomic mass is 16.6. The average Bonchev–Trinajstić information content (AvgIpc) is 3.17. The van der Waals surface area contributed by atoms with Crippen LogP contribution >= 0.6 is 0 Å². The van der Waals surface area contributed by atoms with Crippen LogP contribution in [0.3, 0.4) is 0 Å². The molecule has 2 rings (SSSR count). The quantitative estimate of drug-likeness (QED) is 0.515. The van der Waals surface area contributed by atoms with Crippen molar-refractivity contribution in [2.24, 2.45) is 0 Å². The molecule has 8 nitrogen and oxygen atoms in total. The number of ether oxygens (including phenoxy) is 4. The Labute approximate surface area is 155 Å². The number of rotatable bonds is 8. The average molecular weight is 371 g/mol. The third-order valence-corrected chi connectivity index (χ3v) is 3.30. The smallest absolute Gasteiger partial charge is 0.373 e. The van der Waals surface area contributed by atoms with Gasteiger partial charge in [0, 0.05) is 6.08 Å². The molecule has 1 heterocycles. The fourth-order valence-electron chi connectivity index (χ4n) is 2.04. The number of benzene rings is 1. The maximum Gasteiger partial charge on any atom is 0.373 e. The minimum atomic E-state index is -0.608. The Bertz CT molecular complexity index is 876. The molecule has 27 heavy (non-hydrogen) atoms. The molecule has 0 aliphatic rings. The monoisotopic (exact) mass is 371 g/mol. The maximum absolute atomic E-state index is 11.8. The van der Waals surface area contributed by atoms with E-state index in [2.05, 4.69) is 4.74 Å². The topological polar surface area (TPSA) is 108 Å². The molecule has 2 aromatic rings. The Morgan fingerprint density at radius 2 is 2.00 bits per heavy atom. The van der Waals surface area contributed by atoms with E-state index in [1.165, 1.54) is 32.4 Å². The molecule has 1 aromatic carbocycles. The molecule has 0 bridgehead atoms. The van der Waals surface area contributed by atoms with E-state index in [4.69, 9.17) is 23.9 Å². The molecule has 8 heteroatoms. The Kier molecular flexibility index (Phi) is 7.02. The number of esters is 2. The van der Waals surface area contributed by atoms with Gasteiger partial charge in [-0.15, -0.1) is 0 Å². The van der Waals surface area contributed by atoms with Gasteiger partial charge in [0.15, 0.2) is 18.1 Å². The zero-order valence-corrected chi connectivity index (χ0v) is 14.8. The van der Waals surface area contributed by atoms with E-state index in [0.717, 1.165) is 0 Å². The van der Waals surface area contributed by atoms with Gasteiger partial charge in [-0.05, 0) is 35.9 Å². The van der Waals surface area contributed by atoms with Gasteiger partial charge in [-0.2, -0.15) is 5.26 Å². The second-order valence-corrected chi connectivity index (χ2v) is 5.06. The van der Waals surface area contributed by atoms with E-state index < -0.39 is 11.9 Å². The molecule has 0 amide bonds. The second-order valence-electron chi connectivity index (χ2n) is 5.06. The van der Waals surface area contributed by atoms with Crippen molar-refractivity contribution in [2.75, 3.05) is 20.8 Å². The summed E-state index contributed by atoms with van der Waals surface area (Å²) in [5.41, 5.74) is 0.680. The molecule has 0 aliphatic carbocycles. The highest BCUT2D eigenvalue weighted by Gasteiger charge is 2.12. The number of carbonyl (C=O) groups is 2. The van der Waals surface area contributed by atoms with Crippen LogP contribution in [0.4, 0.5) is 0 Å². The summed E-state index contributed by atoms with van der Waals surface area (Å²) in [6, 6.07) is 9.83. The van der Waals surface area contributed by atoms with E-state index in [1.807, 2.05) is 6.07 Å². The summed E-state index contributed by atoms with van der Waals surface area (Å²) >= 11 is 0. The summed E-state index contributed by atoms with van der Waals surface area (Å²) in [5.74, 6) is 0.0193. The minimum Gasteiger partial charge on any atom is -0.493 e. The molecule has 0 N–H and O–H groups in total. The molecule has 0 unspecified atom stereocenters. The van der Waals surface area contributed by atoms with E-state index >= 15 is 0 Å². The van der Waals surface area contributed by atoms with Crippen LogP contribution in [0, 0.1) is 11.3 Å². The molecule has 1 aromatic heterocycles.